The molecule has 3 aromatic rings. The van der Waals surface area contributed by atoms with E-state index in [1.54, 1.807) is 37.3 Å². The highest BCUT2D eigenvalue weighted by atomic mass is 79.9. The summed E-state index contributed by atoms with van der Waals surface area (Å²) < 4.78 is 29.7. The Balaban J connectivity index is 2.01. The van der Waals surface area contributed by atoms with Crippen LogP contribution in [0.25, 0.3) is 0 Å². The molecule has 0 spiro atoms. The van der Waals surface area contributed by atoms with Crippen molar-refractivity contribution in [3.63, 3.8) is 0 Å². The average Bonchev–Trinajstić information content (AvgIpc) is 2.92. The fraction of sp³-hybridized carbons (Fsp3) is 0.333. The third-order valence-electron chi connectivity index (χ3n) is 6.63. The summed E-state index contributed by atoms with van der Waals surface area (Å²) in [5.41, 5.74) is 3.12. The van der Waals surface area contributed by atoms with Crippen molar-refractivity contribution in [2.75, 3.05) is 17.4 Å². The number of carbonyl (C=O) groups is 2. The largest absolute Gasteiger partial charge is 0.354 e. The molecule has 2 amide bonds. The zero-order valence-electron chi connectivity index (χ0n) is 22.9. The van der Waals surface area contributed by atoms with Crippen LogP contribution in [0.3, 0.4) is 0 Å². The van der Waals surface area contributed by atoms with E-state index in [1.807, 2.05) is 51.1 Å². The Morgan fingerprint density at radius 1 is 0.949 bits per heavy atom. The van der Waals surface area contributed by atoms with Crippen molar-refractivity contribution in [3.05, 3.63) is 94.0 Å². The number of halogens is 1. The number of rotatable bonds is 12. The zero-order chi connectivity index (χ0) is 28.6. The molecule has 0 unspecified atom stereocenters. The molecule has 0 radical (unpaired) electrons. The van der Waals surface area contributed by atoms with Crippen LogP contribution in [0.4, 0.5) is 5.69 Å². The second-order valence-electron chi connectivity index (χ2n) is 9.57. The smallest absolute Gasteiger partial charge is 0.264 e. The van der Waals surface area contributed by atoms with Gasteiger partial charge < -0.3 is 10.2 Å². The minimum Gasteiger partial charge on any atom is -0.354 e. The Bertz CT molecular complexity index is 1400. The number of nitrogens with zero attached hydrogens (tertiary/aromatic N) is 2. The lowest BCUT2D eigenvalue weighted by Crippen LogP contribution is -2.51. The number of benzene rings is 3. The highest BCUT2D eigenvalue weighted by Crippen LogP contribution is 2.26. The number of amides is 2. The van der Waals surface area contributed by atoms with Crippen LogP contribution in [0.15, 0.2) is 82.2 Å². The summed E-state index contributed by atoms with van der Waals surface area (Å²) in [5.74, 6) is -0.763. The summed E-state index contributed by atoms with van der Waals surface area (Å²) in [4.78, 5) is 28.5. The molecule has 0 saturated heterocycles. The lowest BCUT2D eigenvalue weighted by Gasteiger charge is -2.32. The number of sulfonamides is 1. The predicted molar refractivity (Wildman–Crippen MR) is 159 cm³/mol. The Morgan fingerprint density at radius 2 is 1.67 bits per heavy atom. The molecular weight excluding hydrogens is 578 g/mol. The van der Waals surface area contributed by atoms with Crippen LogP contribution in [0, 0.1) is 13.8 Å². The average molecular weight is 615 g/mol. The summed E-state index contributed by atoms with van der Waals surface area (Å²) in [6.45, 7) is 7.74. The molecule has 1 atom stereocenters. The fourth-order valence-corrected chi connectivity index (χ4v) is 5.95. The topological polar surface area (TPSA) is 86.8 Å². The molecule has 0 fully saturated rings. The van der Waals surface area contributed by atoms with Gasteiger partial charge in [-0.05, 0) is 80.3 Å². The number of hydrogen-bond acceptors (Lipinski definition) is 4. The monoisotopic (exact) mass is 613 g/mol. The van der Waals surface area contributed by atoms with Gasteiger partial charge in [-0.15, -0.1) is 0 Å². The molecule has 0 aliphatic carbocycles. The van der Waals surface area contributed by atoms with Crippen LogP contribution in [0.1, 0.15) is 43.4 Å². The lowest BCUT2D eigenvalue weighted by molar-refractivity contribution is -0.139. The van der Waals surface area contributed by atoms with Crippen LogP contribution in [0.5, 0.6) is 0 Å². The maximum absolute atomic E-state index is 14.0. The van der Waals surface area contributed by atoms with E-state index in [2.05, 4.69) is 21.2 Å². The number of carbonyl (C=O) groups excluding carboxylic acids is 2. The molecule has 39 heavy (non-hydrogen) atoms. The van der Waals surface area contributed by atoms with Crippen molar-refractivity contribution in [3.8, 4) is 0 Å². The third kappa shape index (κ3) is 7.92. The summed E-state index contributed by atoms with van der Waals surface area (Å²) in [7, 11) is -4.08. The third-order valence-corrected chi connectivity index (χ3v) is 8.91. The van der Waals surface area contributed by atoms with E-state index >= 15 is 0 Å². The Labute approximate surface area is 240 Å². The van der Waals surface area contributed by atoms with Gasteiger partial charge in [0, 0.05) is 17.6 Å². The normalized spacial score (nSPS) is 12.0. The van der Waals surface area contributed by atoms with Gasteiger partial charge in [0.25, 0.3) is 10.0 Å². The van der Waals surface area contributed by atoms with Gasteiger partial charge in [-0.25, -0.2) is 8.42 Å². The molecule has 0 aliphatic heterocycles. The molecule has 208 valence electrons. The van der Waals surface area contributed by atoms with Crippen LogP contribution in [-0.2, 0) is 26.2 Å². The molecule has 1 N–H and O–H groups in total. The summed E-state index contributed by atoms with van der Waals surface area (Å²) in [6, 6.07) is 20.0. The quantitative estimate of drug-likeness (QED) is 0.270. The molecule has 9 heteroatoms. The van der Waals surface area contributed by atoms with E-state index in [1.165, 1.54) is 17.0 Å². The van der Waals surface area contributed by atoms with Crippen molar-refractivity contribution in [1.29, 1.82) is 0 Å². The number of nitrogens with one attached hydrogen (secondary N) is 1. The van der Waals surface area contributed by atoms with Gasteiger partial charge in [-0.2, -0.15) is 0 Å². The Morgan fingerprint density at radius 3 is 2.31 bits per heavy atom. The van der Waals surface area contributed by atoms with E-state index < -0.39 is 28.5 Å². The first-order chi connectivity index (χ1) is 18.5. The number of hydrogen-bond donors (Lipinski definition) is 1. The predicted octanol–water partition coefficient (Wildman–Crippen LogP) is 5.59. The molecule has 0 aliphatic rings. The van der Waals surface area contributed by atoms with E-state index in [9.17, 15) is 18.0 Å². The number of anilines is 1. The van der Waals surface area contributed by atoms with Crippen LogP contribution >= 0.6 is 15.9 Å². The first-order valence-electron chi connectivity index (χ1n) is 13.0. The van der Waals surface area contributed by atoms with E-state index in [0.717, 1.165) is 38.3 Å². The van der Waals surface area contributed by atoms with Crippen molar-refractivity contribution >= 4 is 43.5 Å². The van der Waals surface area contributed by atoms with Crippen molar-refractivity contribution < 1.29 is 18.0 Å². The van der Waals surface area contributed by atoms with Gasteiger partial charge in [-0.3, -0.25) is 13.9 Å². The molecule has 7 nitrogen and oxygen atoms in total. The van der Waals surface area contributed by atoms with E-state index in [-0.39, 0.29) is 17.3 Å². The first kappa shape index (κ1) is 30.4. The van der Waals surface area contributed by atoms with Crippen LogP contribution in [-0.4, -0.2) is 44.3 Å². The first-order valence-corrected chi connectivity index (χ1v) is 15.2. The summed E-state index contributed by atoms with van der Waals surface area (Å²) in [5, 5.41) is 2.90. The van der Waals surface area contributed by atoms with E-state index in [0.29, 0.717) is 12.2 Å². The zero-order valence-corrected chi connectivity index (χ0v) is 25.3. The maximum atomic E-state index is 14.0. The molecule has 0 saturated carbocycles. The van der Waals surface area contributed by atoms with Gasteiger partial charge in [-0.1, -0.05) is 65.7 Å². The second kappa shape index (κ2) is 13.8. The van der Waals surface area contributed by atoms with Gasteiger partial charge in [0.05, 0.1) is 10.6 Å². The molecule has 3 aromatic carbocycles. The van der Waals surface area contributed by atoms with Gasteiger partial charge in [0.1, 0.15) is 12.6 Å². The molecular formula is C30H36BrN3O4S. The molecule has 3 rings (SSSR count). The Kier molecular flexibility index (Phi) is 10.7. The second-order valence-corrected chi connectivity index (χ2v) is 12.3. The van der Waals surface area contributed by atoms with Crippen molar-refractivity contribution in [2.45, 2.75) is 58.0 Å². The maximum Gasteiger partial charge on any atom is 0.264 e. The van der Waals surface area contributed by atoms with Gasteiger partial charge in [0.2, 0.25) is 11.8 Å². The number of aryl methyl sites for hydroxylation is 2. The standard InChI is InChI=1S/C30H36BrN3O4S/c1-5-6-17-32-30(36)24(4)33(20-25-11-10-12-26(31)19-25)29(35)21-34(27-16-15-22(2)23(3)18-27)39(37,38)28-13-8-7-9-14-28/h7-16,18-19,24H,5-6,17,20-21H2,1-4H3,(H,32,36)/t24-/m0/s1. The molecule has 0 heterocycles. The summed E-state index contributed by atoms with van der Waals surface area (Å²) >= 11 is 3.46. The summed E-state index contributed by atoms with van der Waals surface area (Å²) in [6.07, 6.45) is 1.76. The van der Waals surface area contributed by atoms with Gasteiger partial charge >= 0.3 is 0 Å². The minimum absolute atomic E-state index is 0.0833. The van der Waals surface area contributed by atoms with Crippen LogP contribution in [0.2, 0.25) is 0 Å². The minimum atomic E-state index is -4.08. The molecule has 0 aromatic heterocycles. The highest BCUT2D eigenvalue weighted by molar-refractivity contribution is 9.10. The Hall–Kier alpha value is -3.17. The van der Waals surface area contributed by atoms with E-state index in [4.69, 9.17) is 0 Å². The fourth-order valence-electron chi connectivity index (χ4n) is 4.08. The highest BCUT2D eigenvalue weighted by Gasteiger charge is 2.32. The molecule has 0 bridgehead atoms. The van der Waals surface area contributed by atoms with Crippen molar-refractivity contribution in [1.82, 2.24) is 10.2 Å². The SMILES string of the molecule is CCCCNC(=O)[C@H](C)N(Cc1cccc(Br)c1)C(=O)CN(c1ccc(C)c(C)c1)S(=O)(=O)c1ccccc1. The number of unbranched alkanes of at least 4 members (excludes halogenated alkanes) is 1. The van der Waals surface area contributed by atoms with Crippen LogP contribution < -0.4 is 9.62 Å². The van der Waals surface area contributed by atoms with Crippen molar-refractivity contribution in [2.24, 2.45) is 0 Å². The van der Waals surface area contributed by atoms with Gasteiger partial charge in [0.15, 0.2) is 0 Å². The lowest BCUT2D eigenvalue weighted by atomic mass is 10.1.